The molecule has 0 radical (unpaired) electrons. The number of amides is 1. The molecule has 42 heavy (non-hydrogen) atoms. The van der Waals surface area contributed by atoms with Crippen LogP contribution in [0, 0.1) is 46.3 Å². The van der Waals surface area contributed by atoms with E-state index in [1.165, 1.54) is 0 Å². The van der Waals surface area contributed by atoms with Crippen LogP contribution in [-0.4, -0.2) is 96.5 Å². The normalized spacial score (nSPS) is 41.0. The van der Waals surface area contributed by atoms with Crippen molar-refractivity contribution in [2.24, 2.45) is 46.3 Å². The van der Waals surface area contributed by atoms with Gasteiger partial charge in [-0.2, -0.15) is 8.42 Å². The van der Waals surface area contributed by atoms with Gasteiger partial charge in [0.15, 0.2) is 0 Å². The Labute approximate surface area is 254 Å². The molecule has 0 aromatic carbocycles. The maximum Gasteiger partial charge on any atom is 0.265 e. The van der Waals surface area contributed by atoms with Gasteiger partial charge in [0.05, 0.1) is 51.2 Å². The van der Waals surface area contributed by atoms with Crippen molar-refractivity contribution < 1.29 is 37.6 Å². The van der Waals surface area contributed by atoms with E-state index in [1.54, 1.807) is 0 Å². The summed E-state index contributed by atoms with van der Waals surface area (Å²) in [5, 5.41) is 36.6. The van der Waals surface area contributed by atoms with E-state index >= 15 is 0 Å². The minimum Gasteiger partial charge on any atom is -0.393 e. The van der Waals surface area contributed by atoms with E-state index in [0.29, 0.717) is 48.2 Å². The summed E-state index contributed by atoms with van der Waals surface area (Å²) in [6, 6.07) is 0. The lowest BCUT2D eigenvalue weighted by atomic mass is 9.43. The molecule has 0 aromatic heterocycles. The van der Waals surface area contributed by atoms with Gasteiger partial charge in [-0.25, -0.2) is 0 Å². The maximum atomic E-state index is 12.7. The average Bonchev–Trinajstić information content (AvgIpc) is 3.24. The van der Waals surface area contributed by atoms with E-state index in [0.717, 1.165) is 64.3 Å². The van der Waals surface area contributed by atoms with Gasteiger partial charge in [-0.3, -0.25) is 9.35 Å². The maximum absolute atomic E-state index is 12.7. The zero-order valence-electron chi connectivity index (χ0n) is 26.7. The van der Waals surface area contributed by atoms with Gasteiger partial charge >= 0.3 is 0 Å². The topological polar surface area (TPSA) is 144 Å². The summed E-state index contributed by atoms with van der Waals surface area (Å²) < 4.78 is 31.5. The molecule has 0 heterocycles. The van der Waals surface area contributed by atoms with Crippen LogP contribution in [0.25, 0.3) is 0 Å². The molecule has 0 aromatic rings. The van der Waals surface area contributed by atoms with E-state index in [4.69, 9.17) is 4.55 Å². The van der Waals surface area contributed by atoms with Gasteiger partial charge in [-0.1, -0.05) is 20.8 Å². The number of hydrogen-bond donors (Lipinski definition) is 5. The van der Waals surface area contributed by atoms with Gasteiger partial charge < -0.3 is 25.1 Å². The molecule has 1 amide bonds. The Kier molecular flexibility index (Phi) is 10.5. The van der Waals surface area contributed by atoms with Gasteiger partial charge in [-0.05, 0) is 97.7 Å². The largest absolute Gasteiger partial charge is 0.393 e. The van der Waals surface area contributed by atoms with Crippen LogP contribution in [0.2, 0.25) is 0 Å². The molecular weight excluding hydrogens is 556 g/mol. The molecule has 244 valence electrons. The number of carbonyl (C=O) groups is 1. The van der Waals surface area contributed by atoms with Crippen molar-refractivity contribution in [1.29, 1.82) is 0 Å². The number of nitrogens with one attached hydrogen (secondary N) is 1. The summed E-state index contributed by atoms with van der Waals surface area (Å²) in [4.78, 5) is 12.7. The van der Waals surface area contributed by atoms with Crippen LogP contribution >= 0.6 is 0 Å². The molecule has 4 rings (SSSR count). The monoisotopic (exact) mass is 615 g/mol. The first-order valence-corrected chi connectivity index (χ1v) is 18.2. The summed E-state index contributed by atoms with van der Waals surface area (Å²) in [5.41, 5.74) is -0.185. The average molecular weight is 616 g/mol. The van der Waals surface area contributed by atoms with Crippen LogP contribution in [0.15, 0.2) is 0 Å². The van der Waals surface area contributed by atoms with E-state index < -0.39 is 16.2 Å². The highest BCUT2D eigenvalue weighted by molar-refractivity contribution is 7.85. The smallest absolute Gasteiger partial charge is 0.265 e. The van der Waals surface area contributed by atoms with Crippen molar-refractivity contribution in [2.45, 2.75) is 110 Å². The summed E-state index contributed by atoms with van der Waals surface area (Å²) in [7, 11) is 0.114. The highest BCUT2D eigenvalue weighted by Crippen LogP contribution is 2.68. The Balaban J connectivity index is 1.27. The predicted molar refractivity (Wildman–Crippen MR) is 163 cm³/mol. The lowest BCUT2D eigenvalue weighted by molar-refractivity contribution is -0.890. The first-order chi connectivity index (χ1) is 19.5. The SMILES string of the molecule is C[C@H](CCC(=O)NCCC[N+](C)(C)CCCS(=O)(=O)O)[C@H]1CC[C@H]2[C@@H]3[C@H](O)CC4C[C@H](O)CC[C@]4(C)[C@H]3C[C@H](O)[C@]12C. The molecule has 5 N–H and O–H groups in total. The molecule has 4 saturated carbocycles. The molecule has 10 heteroatoms. The van der Waals surface area contributed by atoms with Crippen LogP contribution in [0.3, 0.4) is 0 Å². The Hall–Kier alpha value is -0.780. The van der Waals surface area contributed by atoms with Gasteiger partial charge in [0.25, 0.3) is 10.1 Å². The van der Waals surface area contributed by atoms with Crippen molar-refractivity contribution in [1.82, 2.24) is 5.32 Å². The summed E-state index contributed by atoms with van der Waals surface area (Å²) >= 11 is 0. The highest BCUT2D eigenvalue weighted by Gasteiger charge is 2.65. The van der Waals surface area contributed by atoms with Gasteiger partial charge in [0.2, 0.25) is 5.91 Å². The second kappa shape index (κ2) is 12.9. The number of carbonyl (C=O) groups excluding carboxylic acids is 1. The van der Waals surface area contributed by atoms with Crippen LogP contribution in [-0.2, 0) is 14.9 Å². The van der Waals surface area contributed by atoms with E-state index in [2.05, 4.69) is 26.1 Å². The minimum atomic E-state index is -3.93. The molecular formula is C32H59N2O7S+. The Bertz CT molecular complexity index is 1050. The number of aliphatic hydroxyl groups excluding tert-OH is 3. The quantitative estimate of drug-likeness (QED) is 0.129. The number of fused-ring (bicyclic) bond motifs is 5. The van der Waals surface area contributed by atoms with Crippen molar-refractivity contribution in [3.05, 3.63) is 0 Å². The standard InChI is InChI=1S/C32H58N2O7S/c1-21(8-11-29(38)33-14-6-15-34(4,5)16-7-17-42(39,40)41)24-9-10-25-30-26(20-28(37)32(24,25)3)31(2)13-12-23(35)18-22(31)19-27(30)36/h21-28,30,35-37H,6-20H2,1-5H3,(H-,33,38,39,40,41)/p+1/t21-,22?,23-,24-,25+,26+,27-,28+,30+,31+,32-/m1/s1. The second-order valence-corrected chi connectivity index (χ2v) is 17.3. The summed E-state index contributed by atoms with van der Waals surface area (Å²) in [5.74, 6) is 1.52. The molecule has 4 aliphatic rings. The van der Waals surface area contributed by atoms with Crippen LogP contribution < -0.4 is 5.32 Å². The Morgan fingerprint density at radius 3 is 2.38 bits per heavy atom. The van der Waals surface area contributed by atoms with Crippen LogP contribution in [0.1, 0.15) is 91.4 Å². The third kappa shape index (κ3) is 7.20. The van der Waals surface area contributed by atoms with Crippen molar-refractivity contribution in [3.8, 4) is 0 Å². The van der Waals surface area contributed by atoms with Crippen LogP contribution in [0.4, 0.5) is 0 Å². The predicted octanol–water partition coefficient (Wildman–Crippen LogP) is 3.22. The number of aliphatic hydroxyl groups is 3. The summed E-state index contributed by atoms with van der Waals surface area (Å²) in [6.07, 6.45) is 7.47. The van der Waals surface area contributed by atoms with Gasteiger partial charge in [-0.15, -0.1) is 0 Å². The highest BCUT2D eigenvalue weighted by atomic mass is 32.2. The van der Waals surface area contributed by atoms with Crippen molar-refractivity contribution >= 4 is 16.0 Å². The molecule has 4 fully saturated rings. The number of rotatable bonds is 12. The first kappa shape index (κ1) is 34.1. The Morgan fingerprint density at radius 2 is 1.69 bits per heavy atom. The summed E-state index contributed by atoms with van der Waals surface area (Å²) in [6.45, 7) is 8.87. The lowest BCUT2D eigenvalue weighted by Gasteiger charge is -2.63. The van der Waals surface area contributed by atoms with Crippen molar-refractivity contribution in [3.63, 3.8) is 0 Å². The number of hydrogen-bond acceptors (Lipinski definition) is 6. The zero-order chi connectivity index (χ0) is 31.1. The van der Waals surface area contributed by atoms with Gasteiger partial charge in [0, 0.05) is 25.8 Å². The molecule has 0 aliphatic heterocycles. The molecule has 1 unspecified atom stereocenters. The number of quaternary nitrogens is 1. The zero-order valence-corrected chi connectivity index (χ0v) is 27.5. The molecule has 9 nitrogen and oxygen atoms in total. The first-order valence-electron chi connectivity index (χ1n) is 16.6. The van der Waals surface area contributed by atoms with E-state index in [9.17, 15) is 28.5 Å². The third-order valence-corrected chi connectivity index (χ3v) is 13.6. The fourth-order valence-corrected chi connectivity index (χ4v) is 10.8. The Morgan fingerprint density at radius 1 is 1.00 bits per heavy atom. The fourth-order valence-electron chi connectivity index (χ4n) is 10.3. The molecule has 0 spiro atoms. The molecule has 0 saturated heterocycles. The third-order valence-electron chi connectivity index (χ3n) is 12.8. The molecule has 0 bridgehead atoms. The number of nitrogens with zero attached hydrogens (tertiary/aromatic N) is 1. The fraction of sp³-hybridized carbons (Fsp3) is 0.969. The molecule has 11 atom stereocenters. The van der Waals surface area contributed by atoms with Crippen molar-refractivity contribution in [2.75, 3.05) is 39.5 Å². The lowest BCUT2D eigenvalue weighted by Crippen LogP contribution is -2.62. The van der Waals surface area contributed by atoms with E-state index in [1.807, 2.05) is 14.1 Å². The molecule has 4 aliphatic carbocycles. The second-order valence-electron chi connectivity index (χ2n) is 15.8. The van der Waals surface area contributed by atoms with Gasteiger partial charge in [0.1, 0.15) is 0 Å². The van der Waals surface area contributed by atoms with Crippen LogP contribution in [0.5, 0.6) is 0 Å². The van der Waals surface area contributed by atoms with E-state index in [-0.39, 0.29) is 52.5 Å². The minimum absolute atomic E-state index is 0.0450.